The molecule has 0 aromatic carbocycles. The predicted octanol–water partition coefficient (Wildman–Crippen LogP) is 19.6. The highest BCUT2D eigenvalue weighted by molar-refractivity contribution is 5.71. The molecular weight excluding hydrogens is 877 g/mol. The van der Waals surface area contributed by atoms with E-state index in [4.69, 9.17) is 14.2 Å². The van der Waals surface area contributed by atoms with E-state index in [0.29, 0.717) is 19.3 Å². The molecule has 0 aromatic rings. The van der Waals surface area contributed by atoms with Crippen LogP contribution in [-0.4, -0.2) is 37.2 Å². The van der Waals surface area contributed by atoms with Gasteiger partial charge in [-0.05, 0) is 122 Å². The molecule has 6 heteroatoms. The van der Waals surface area contributed by atoms with Crippen LogP contribution in [-0.2, 0) is 28.6 Å². The molecule has 0 aliphatic carbocycles. The molecule has 0 aliphatic rings. The van der Waals surface area contributed by atoms with Crippen LogP contribution >= 0.6 is 0 Å². The molecule has 0 aromatic heterocycles. The summed E-state index contributed by atoms with van der Waals surface area (Å²) in [7, 11) is 0. The first-order chi connectivity index (χ1) is 35.0. The fourth-order valence-corrected chi connectivity index (χ4v) is 7.59. The normalized spacial score (nSPS) is 13.0. The van der Waals surface area contributed by atoms with Gasteiger partial charge in [-0.25, -0.2) is 0 Å². The van der Waals surface area contributed by atoms with Crippen molar-refractivity contribution in [2.45, 2.75) is 258 Å². The van der Waals surface area contributed by atoms with Gasteiger partial charge in [0.2, 0.25) is 0 Å². The molecule has 0 heterocycles. The first-order valence-corrected chi connectivity index (χ1v) is 29.0. The first kappa shape index (κ1) is 66.8. The highest BCUT2D eigenvalue weighted by Gasteiger charge is 2.19. The first-order valence-electron chi connectivity index (χ1n) is 29.0. The van der Waals surface area contributed by atoms with E-state index in [1.165, 1.54) is 96.3 Å². The second-order valence-electron chi connectivity index (χ2n) is 18.8. The number of carbonyl (C=O) groups excluding carboxylic acids is 3. The molecule has 1 atom stereocenters. The number of unbranched alkanes of at least 4 members (excludes halogenated alkanes) is 20. The minimum absolute atomic E-state index is 0.113. The fourth-order valence-electron chi connectivity index (χ4n) is 7.59. The standard InChI is InChI=1S/C65H106O6/c1-4-7-10-13-16-19-22-25-28-30-32-34-37-40-43-46-49-52-55-58-64(67)70-61-62(60-69-63(66)57-54-51-48-45-42-39-36-27-24-21-18-15-12-9-6-3)71-65(68)59-56-53-50-47-44-41-38-35-33-31-29-26-23-20-17-14-11-8-5-2/h7,10,16-21,25-29,32,34,36,40,43,49,52,62H,4-6,8-9,11-15,22-24,30-31,33,35,37-39,41-42,44-48,50-51,53-61H2,1-3H3/b10-7-,19-16-,20-17-,21-18-,28-25-,29-26-,34-32-,36-27-,43-40-,52-49-/t62-/m1/s1. The fraction of sp³-hybridized carbons (Fsp3) is 0.646. The van der Waals surface area contributed by atoms with Gasteiger partial charge in [-0.15, -0.1) is 0 Å². The van der Waals surface area contributed by atoms with E-state index < -0.39 is 6.10 Å². The lowest BCUT2D eigenvalue weighted by atomic mass is 10.1. The largest absolute Gasteiger partial charge is 0.462 e. The smallest absolute Gasteiger partial charge is 0.306 e. The monoisotopic (exact) mass is 983 g/mol. The van der Waals surface area contributed by atoms with Gasteiger partial charge in [0, 0.05) is 19.3 Å². The van der Waals surface area contributed by atoms with Crippen LogP contribution in [0, 0.1) is 0 Å². The summed E-state index contributed by atoms with van der Waals surface area (Å²) >= 11 is 0. The molecule has 0 N–H and O–H groups in total. The van der Waals surface area contributed by atoms with E-state index in [1.54, 1.807) is 0 Å². The van der Waals surface area contributed by atoms with Gasteiger partial charge in [0.1, 0.15) is 13.2 Å². The van der Waals surface area contributed by atoms with Crippen molar-refractivity contribution < 1.29 is 28.6 Å². The molecule has 0 spiro atoms. The molecule has 402 valence electrons. The zero-order valence-corrected chi connectivity index (χ0v) is 45.9. The van der Waals surface area contributed by atoms with Crippen LogP contribution in [0.15, 0.2) is 122 Å². The maximum Gasteiger partial charge on any atom is 0.306 e. The second-order valence-corrected chi connectivity index (χ2v) is 18.8. The van der Waals surface area contributed by atoms with Gasteiger partial charge in [0.25, 0.3) is 0 Å². The van der Waals surface area contributed by atoms with Crippen molar-refractivity contribution in [3.05, 3.63) is 122 Å². The topological polar surface area (TPSA) is 78.9 Å². The lowest BCUT2D eigenvalue weighted by Crippen LogP contribution is -2.30. The summed E-state index contributed by atoms with van der Waals surface area (Å²) in [6, 6.07) is 0. The average molecular weight is 984 g/mol. The van der Waals surface area contributed by atoms with Crippen molar-refractivity contribution in [2.24, 2.45) is 0 Å². The summed E-state index contributed by atoms with van der Waals surface area (Å²) in [5.41, 5.74) is 0. The van der Waals surface area contributed by atoms with Gasteiger partial charge in [-0.1, -0.05) is 232 Å². The van der Waals surface area contributed by atoms with Gasteiger partial charge in [0.05, 0.1) is 0 Å². The molecule has 0 aliphatic heterocycles. The Morgan fingerprint density at radius 2 is 0.577 bits per heavy atom. The highest BCUT2D eigenvalue weighted by Crippen LogP contribution is 2.14. The zero-order chi connectivity index (χ0) is 51.4. The molecule has 0 saturated carbocycles. The molecule has 0 saturated heterocycles. The van der Waals surface area contributed by atoms with Gasteiger partial charge < -0.3 is 14.2 Å². The van der Waals surface area contributed by atoms with Crippen molar-refractivity contribution in [1.29, 1.82) is 0 Å². The molecule has 0 amide bonds. The van der Waals surface area contributed by atoms with Gasteiger partial charge >= 0.3 is 17.9 Å². The highest BCUT2D eigenvalue weighted by atomic mass is 16.6. The minimum Gasteiger partial charge on any atom is -0.462 e. The zero-order valence-electron chi connectivity index (χ0n) is 45.9. The van der Waals surface area contributed by atoms with Crippen LogP contribution in [0.3, 0.4) is 0 Å². The van der Waals surface area contributed by atoms with Crippen molar-refractivity contribution in [2.75, 3.05) is 13.2 Å². The second kappa shape index (κ2) is 58.4. The summed E-state index contributed by atoms with van der Waals surface area (Å²) in [5, 5.41) is 0. The van der Waals surface area contributed by atoms with Crippen LogP contribution in [0.1, 0.15) is 252 Å². The van der Waals surface area contributed by atoms with E-state index in [9.17, 15) is 14.4 Å². The third kappa shape index (κ3) is 56.6. The summed E-state index contributed by atoms with van der Waals surface area (Å²) in [6.45, 7) is 6.39. The molecule has 0 unspecified atom stereocenters. The van der Waals surface area contributed by atoms with Gasteiger partial charge in [-0.2, -0.15) is 0 Å². The Balaban J connectivity index is 4.53. The van der Waals surface area contributed by atoms with E-state index in [-0.39, 0.29) is 37.5 Å². The van der Waals surface area contributed by atoms with Crippen molar-refractivity contribution in [1.82, 2.24) is 0 Å². The Morgan fingerprint density at radius 3 is 0.944 bits per heavy atom. The SMILES string of the molecule is CC/C=C\C/C=C\C/C=C\C/C=C\C/C=C\C/C=C\CCC(=O)OC[C@@H](COC(=O)CCCCCCC/C=C\C/C=C\CCCCC)OC(=O)CCCCCCCCCCC/C=C\C/C=C\CCCCC. The van der Waals surface area contributed by atoms with Crippen LogP contribution < -0.4 is 0 Å². The van der Waals surface area contributed by atoms with Crippen LogP contribution in [0.25, 0.3) is 0 Å². The maximum atomic E-state index is 12.9. The number of hydrogen-bond donors (Lipinski definition) is 0. The summed E-state index contributed by atoms with van der Waals surface area (Å²) in [5.74, 6) is -1.02. The van der Waals surface area contributed by atoms with Crippen LogP contribution in [0.2, 0.25) is 0 Å². The van der Waals surface area contributed by atoms with Gasteiger partial charge in [0.15, 0.2) is 6.10 Å². The van der Waals surface area contributed by atoms with Crippen molar-refractivity contribution in [3.63, 3.8) is 0 Å². The van der Waals surface area contributed by atoms with E-state index in [0.717, 1.165) is 109 Å². The molecule has 0 bridgehead atoms. The van der Waals surface area contributed by atoms with Crippen LogP contribution in [0.4, 0.5) is 0 Å². The number of ether oxygens (including phenoxy) is 3. The maximum absolute atomic E-state index is 12.9. The lowest BCUT2D eigenvalue weighted by Gasteiger charge is -2.18. The number of hydrogen-bond acceptors (Lipinski definition) is 6. The molecule has 0 fully saturated rings. The Bertz CT molecular complexity index is 1500. The Morgan fingerprint density at radius 1 is 0.296 bits per heavy atom. The van der Waals surface area contributed by atoms with Crippen molar-refractivity contribution >= 4 is 17.9 Å². The van der Waals surface area contributed by atoms with Gasteiger partial charge in [-0.3, -0.25) is 14.4 Å². The van der Waals surface area contributed by atoms with E-state index in [2.05, 4.69) is 136 Å². The number of allylic oxidation sites excluding steroid dienone is 20. The molecule has 71 heavy (non-hydrogen) atoms. The third-order valence-electron chi connectivity index (χ3n) is 11.9. The molecule has 6 nitrogen and oxygen atoms in total. The van der Waals surface area contributed by atoms with E-state index in [1.807, 2.05) is 6.08 Å². The van der Waals surface area contributed by atoms with E-state index >= 15 is 0 Å². The molecule has 0 radical (unpaired) electrons. The molecule has 0 rings (SSSR count). The third-order valence-corrected chi connectivity index (χ3v) is 11.9. The Kier molecular flexibility index (Phi) is 54.9. The lowest BCUT2D eigenvalue weighted by molar-refractivity contribution is -0.166. The summed E-state index contributed by atoms with van der Waals surface area (Å²) in [4.78, 5) is 38.2. The number of rotatable bonds is 51. The van der Waals surface area contributed by atoms with Crippen molar-refractivity contribution in [3.8, 4) is 0 Å². The number of esters is 3. The summed E-state index contributed by atoms with van der Waals surface area (Å²) < 4.78 is 16.8. The van der Waals surface area contributed by atoms with Crippen LogP contribution in [0.5, 0.6) is 0 Å². The average Bonchev–Trinajstić information content (AvgIpc) is 3.37. The Labute approximate surface area is 437 Å². The minimum atomic E-state index is -0.821. The molecular formula is C65H106O6. The predicted molar refractivity (Wildman–Crippen MR) is 306 cm³/mol. The Hall–Kier alpha value is -4.19. The number of carbonyl (C=O) groups is 3. The summed E-state index contributed by atoms with van der Waals surface area (Å²) in [6.07, 6.45) is 80.5. The quantitative estimate of drug-likeness (QED) is 0.0261.